The van der Waals surface area contributed by atoms with Gasteiger partial charge in [0, 0.05) is 31.1 Å². The SMILES string of the molecule is CC(C)(C)OC(=O)N1CC2CCC(C1)N2[C@H]1CO[C@H]2[C@@H]1OC[C@@H]2NC(=O)OCC1c2ccccc2-c2ccccc21. The molecule has 4 aliphatic heterocycles. The number of amides is 2. The molecule has 41 heavy (non-hydrogen) atoms. The van der Waals surface area contributed by atoms with Crippen LogP contribution in [0, 0.1) is 0 Å². The fourth-order valence-corrected chi connectivity index (χ4v) is 7.60. The lowest BCUT2D eigenvalue weighted by Crippen LogP contribution is -2.61. The molecule has 9 heteroatoms. The number of nitrogens with zero attached hydrogens (tertiary/aromatic N) is 2. The van der Waals surface area contributed by atoms with Crippen molar-refractivity contribution in [1.29, 1.82) is 0 Å². The Hall–Kier alpha value is -3.14. The summed E-state index contributed by atoms with van der Waals surface area (Å²) in [5.74, 6) is 0.0164. The summed E-state index contributed by atoms with van der Waals surface area (Å²) >= 11 is 0. The number of ether oxygens (including phenoxy) is 4. The maximum absolute atomic E-state index is 13.0. The Labute approximate surface area is 241 Å². The van der Waals surface area contributed by atoms with Gasteiger partial charge < -0.3 is 29.2 Å². The largest absolute Gasteiger partial charge is 0.449 e. The van der Waals surface area contributed by atoms with Crippen LogP contribution in [0.25, 0.3) is 11.1 Å². The van der Waals surface area contributed by atoms with Gasteiger partial charge in [-0.1, -0.05) is 48.5 Å². The van der Waals surface area contributed by atoms with E-state index in [-0.39, 0.29) is 55.0 Å². The van der Waals surface area contributed by atoms with Crippen molar-refractivity contribution in [2.75, 3.05) is 32.9 Å². The zero-order chi connectivity index (χ0) is 28.3. The van der Waals surface area contributed by atoms with E-state index in [0.717, 1.165) is 12.8 Å². The Morgan fingerprint density at radius 1 is 0.902 bits per heavy atom. The second kappa shape index (κ2) is 10.3. The lowest BCUT2D eigenvalue weighted by Gasteiger charge is -2.44. The first-order valence-corrected chi connectivity index (χ1v) is 14.9. The molecule has 2 aromatic rings. The molecule has 2 bridgehead atoms. The number of piperazine rings is 1. The summed E-state index contributed by atoms with van der Waals surface area (Å²) in [5.41, 5.74) is 4.28. The van der Waals surface area contributed by atoms with E-state index >= 15 is 0 Å². The highest BCUT2D eigenvalue weighted by Gasteiger charge is 2.55. The zero-order valence-corrected chi connectivity index (χ0v) is 24.0. The average Bonchev–Trinajstić information content (AvgIpc) is 3.67. The molecule has 2 unspecified atom stereocenters. The molecule has 4 heterocycles. The van der Waals surface area contributed by atoms with Gasteiger partial charge in [0.25, 0.3) is 0 Å². The number of nitrogens with one attached hydrogen (secondary N) is 1. The lowest BCUT2D eigenvalue weighted by molar-refractivity contribution is -0.0308. The van der Waals surface area contributed by atoms with Gasteiger partial charge in [-0.3, -0.25) is 4.90 Å². The summed E-state index contributed by atoms with van der Waals surface area (Å²) in [5, 5.41) is 3.03. The van der Waals surface area contributed by atoms with Gasteiger partial charge >= 0.3 is 12.2 Å². The minimum absolute atomic E-state index is 0.0164. The number of fused-ring (bicyclic) bond motifs is 6. The van der Waals surface area contributed by atoms with Crippen LogP contribution >= 0.6 is 0 Å². The molecule has 7 rings (SSSR count). The van der Waals surface area contributed by atoms with Crippen LogP contribution in [0.15, 0.2) is 48.5 Å². The Kier molecular flexibility index (Phi) is 6.71. The number of likely N-dealkylation sites (tertiary alicyclic amines) is 1. The minimum Gasteiger partial charge on any atom is -0.449 e. The first-order chi connectivity index (χ1) is 19.8. The van der Waals surface area contributed by atoms with Crippen molar-refractivity contribution >= 4 is 12.2 Å². The van der Waals surface area contributed by atoms with Crippen molar-refractivity contribution in [2.24, 2.45) is 0 Å². The monoisotopic (exact) mass is 561 g/mol. The van der Waals surface area contributed by atoms with E-state index in [4.69, 9.17) is 18.9 Å². The summed E-state index contributed by atoms with van der Waals surface area (Å²) in [6.45, 7) is 8.22. The number of carbonyl (C=O) groups excluding carboxylic acids is 2. The van der Waals surface area contributed by atoms with Crippen LogP contribution in [0.3, 0.4) is 0 Å². The van der Waals surface area contributed by atoms with Crippen LogP contribution in [0.4, 0.5) is 9.59 Å². The topological polar surface area (TPSA) is 89.6 Å². The fraction of sp³-hybridized carbons (Fsp3) is 0.562. The first-order valence-electron chi connectivity index (χ1n) is 14.9. The van der Waals surface area contributed by atoms with E-state index in [9.17, 15) is 9.59 Å². The molecule has 5 aliphatic rings. The van der Waals surface area contributed by atoms with E-state index in [1.54, 1.807) is 0 Å². The van der Waals surface area contributed by atoms with Crippen LogP contribution in [-0.2, 0) is 18.9 Å². The molecule has 1 aliphatic carbocycles. The van der Waals surface area contributed by atoms with Gasteiger partial charge in [-0.2, -0.15) is 0 Å². The highest BCUT2D eigenvalue weighted by atomic mass is 16.6. The zero-order valence-electron chi connectivity index (χ0n) is 24.0. The molecule has 9 nitrogen and oxygen atoms in total. The van der Waals surface area contributed by atoms with Gasteiger partial charge in [-0.05, 0) is 55.9 Å². The van der Waals surface area contributed by atoms with Crippen LogP contribution in [0.2, 0.25) is 0 Å². The lowest BCUT2D eigenvalue weighted by atomic mass is 9.98. The van der Waals surface area contributed by atoms with Gasteiger partial charge in [0.05, 0.1) is 25.3 Å². The third-order valence-electron chi connectivity index (χ3n) is 9.25. The van der Waals surface area contributed by atoms with E-state index in [2.05, 4.69) is 34.5 Å². The molecule has 218 valence electrons. The van der Waals surface area contributed by atoms with Crippen molar-refractivity contribution in [2.45, 2.75) is 81.5 Å². The molecule has 2 amide bonds. The molecule has 1 N–H and O–H groups in total. The van der Waals surface area contributed by atoms with Crippen molar-refractivity contribution in [3.8, 4) is 11.1 Å². The van der Waals surface area contributed by atoms with E-state index < -0.39 is 11.7 Å². The number of alkyl carbamates (subject to hydrolysis) is 1. The quantitative estimate of drug-likeness (QED) is 0.600. The van der Waals surface area contributed by atoms with Crippen LogP contribution in [0.5, 0.6) is 0 Å². The van der Waals surface area contributed by atoms with Crippen molar-refractivity contribution in [1.82, 2.24) is 15.1 Å². The molecule has 2 aromatic carbocycles. The standard InChI is InChI=1S/C32H39N3O6/c1-32(2,3)41-31(37)34-14-19-12-13-20(15-34)35(19)27-18-39-28-26(17-38-29(27)28)33-30(36)40-16-25-23-10-6-4-8-21(23)22-9-5-7-11-24(22)25/h4-11,19-20,25-29H,12-18H2,1-3H3,(H,33,36)/t19?,20?,26-,27-,28+,29+/m0/s1. The number of rotatable bonds is 4. The number of carbonyl (C=O) groups is 2. The molecule has 0 aromatic heterocycles. The Bertz CT molecular complexity index is 1270. The second-order valence-corrected chi connectivity index (χ2v) is 13.0. The maximum atomic E-state index is 13.0. The van der Waals surface area contributed by atoms with Gasteiger partial charge in [0.15, 0.2) is 0 Å². The highest BCUT2D eigenvalue weighted by molar-refractivity contribution is 5.79. The van der Waals surface area contributed by atoms with Crippen LogP contribution in [0.1, 0.15) is 50.7 Å². The molecule has 4 fully saturated rings. The van der Waals surface area contributed by atoms with Crippen LogP contribution < -0.4 is 5.32 Å². The molecular formula is C32H39N3O6. The van der Waals surface area contributed by atoms with Crippen LogP contribution in [-0.4, -0.2) is 96.9 Å². The van der Waals surface area contributed by atoms with Gasteiger partial charge in [0.1, 0.15) is 24.4 Å². The highest BCUT2D eigenvalue weighted by Crippen LogP contribution is 2.44. The summed E-state index contributed by atoms with van der Waals surface area (Å²) in [6.07, 6.45) is 1.06. The Balaban J connectivity index is 0.952. The van der Waals surface area contributed by atoms with E-state index in [1.807, 2.05) is 49.9 Å². The Morgan fingerprint density at radius 2 is 1.51 bits per heavy atom. The molecule has 0 saturated carbocycles. The number of benzene rings is 2. The smallest absolute Gasteiger partial charge is 0.410 e. The van der Waals surface area contributed by atoms with E-state index in [1.165, 1.54) is 22.3 Å². The number of hydrogen-bond donors (Lipinski definition) is 1. The predicted molar refractivity (Wildman–Crippen MR) is 152 cm³/mol. The third kappa shape index (κ3) is 4.87. The summed E-state index contributed by atoms with van der Waals surface area (Å²) in [4.78, 5) is 30.1. The molecular weight excluding hydrogens is 522 g/mol. The predicted octanol–water partition coefficient (Wildman–Crippen LogP) is 4.14. The van der Waals surface area contributed by atoms with Gasteiger partial charge in [-0.25, -0.2) is 9.59 Å². The normalized spacial score (nSPS) is 30.6. The Morgan fingerprint density at radius 3 is 2.15 bits per heavy atom. The van der Waals surface area contributed by atoms with E-state index in [0.29, 0.717) is 26.3 Å². The minimum atomic E-state index is -0.507. The van der Waals surface area contributed by atoms with Gasteiger partial charge in [-0.15, -0.1) is 0 Å². The molecule has 0 spiro atoms. The fourth-order valence-electron chi connectivity index (χ4n) is 7.60. The molecule has 0 radical (unpaired) electrons. The maximum Gasteiger partial charge on any atom is 0.410 e. The summed E-state index contributed by atoms with van der Waals surface area (Å²) < 4.78 is 23.9. The molecule has 4 saturated heterocycles. The van der Waals surface area contributed by atoms with Crippen molar-refractivity contribution < 1.29 is 28.5 Å². The summed E-state index contributed by atoms with van der Waals surface area (Å²) in [7, 11) is 0. The van der Waals surface area contributed by atoms with Crippen molar-refractivity contribution in [3.05, 3.63) is 59.7 Å². The second-order valence-electron chi connectivity index (χ2n) is 13.0. The van der Waals surface area contributed by atoms with Crippen molar-refractivity contribution in [3.63, 3.8) is 0 Å². The molecule has 6 atom stereocenters. The van der Waals surface area contributed by atoms with Gasteiger partial charge in [0.2, 0.25) is 0 Å². The number of hydrogen-bond acceptors (Lipinski definition) is 7. The first kappa shape index (κ1) is 26.7. The average molecular weight is 562 g/mol. The third-order valence-corrected chi connectivity index (χ3v) is 9.25. The summed E-state index contributed by atoms with van der Waals surface area (Å²) in [6, 6.07) is 17.0.